The standard InChI is InChI=1S/C16H17F2N3O3S2/c1-19-26(23,24)10-12-6-3-2-5-11(12)9-21-14(22)13-7-4-8-20-15(13)25-16(17)18/h2-8,16,19H,9-10H2,1H3,(H,21,22). The van der Waals surface area contributed by atoms with Crippen molar-refractivity contribution in [1.29, 1.82) is 0 Å². The number of nitrogens with zero attached hydrogens (tertiary/aromatic N) is 1. The molecule has 0 aliphatic heterocycles. The fraction of sp³-hybridized carbons (Fsp3) is 0.250. The number of alkyl halides is 2. The molecule has 2 aromatic rings. The average molecular weight is 401 g/mol. The van der Waals surface area contributed by atoms with Gasteiger partial charge in [-0.25, -0.2) is 18.1 Å². The molecule has 0 atom stereocenters. The molecule has 0 spiro atoms. The molecule has 10 heteroatoms. The second-order valence-corrected chi connectivity index (χ2v) is 8.05. The maximum atomic E-state index is 12.6. The Balaban J connectivity index is 2.14. The Bertz CT molecular complexity index is 877. The summed E-state index contributed by atoms with van der Waals surface area (Å²) in [6.07, 6.45) is 1.33. The van der Waals surface area contributed by atoms with Gasteiger partial charge in [-0.1, -0.05) is 24.3 Å². The molecule has 0 aliphatic rings. The minimum absolute atomic E-state index is 0.0399. The average Bonchev–Trinajstić information content (AvgIpc) is 2.60. The van der Waals surface area contributed by atoms with E-state index in [4.69, 9.17) is 0 Å². The summed E-state index contributed by atoms with van der Waals surface area (Å²) < 4.78 is 50.9. The Morgan fingerprint density at radius 3 is 2.54 bits per heavy atom. The molecule has 1 heterocycles. The zero-order valence-electron chi connectivity index (χ0n) is 13.8. The summed E-state index contributed by atoms with van der Waals surface area (Å²) in [6.45, 7) is 0.0575. The molecule has 0 fully saturated rings. The molecule has 26 heavy (non-hydrogen) atoms. The van der Waals surface area contributed by atoms with Crippen LogP contribution in [0.5, 0.6) is 0 Å². The van der Waals surface area contributed by atoms with Crippen LogP contribution in [0.4, 0.5) is 8.78 Å². The number of pyridine rings is 1. The molecule has 1 aromatic carbocycles. The normalized spacial score (nSPS) is 11.5. The molecule has 0 saturated heterocycles. The highest BCUT2D eigenvalue weighted by atomic mass is 32.2. The zero-order chi connectivity index (χ0) is 19.2. The Labute approximate surface area is 154 Å². The lowest BCUT2D eigenvalue weighted by Crippen LogP contribution is -2.25. The van der Waals surface area contributed by atoms with Gasteiger partial charge in [0.2, 0.25) is 10.0 Å². The molecule has 140 valence electrons. The van der Waals surface area contributed by atoms with E-state index < -0.39 is 21.7 Å². The number of carbonyl (C=O) groups is 1. The number of benzene rings is 1. The maximum absolute atomic E-state index is 12.6. The third-order valence-electron chi connectivity index (χ3n) is 3.43. The molecule has 2 N–H and O–H groups in total. The first-order chi connectivity index (χ1) is 12.3. The van der Waals surface area contributed by atoms with Crippen molar-refractivity contribution >= 4 is 27.7 Å². The van der Waals surface area contributed by atoms with Gasteiger partial charge in [0, 0.05) is 12.7 Å². The number of hydrogen-bond acceptors (Lipinski definition) is 5. The molecule has 6 nitrogen and oxygen atoms in total. The van der Waals surface area contributed by atoms with Gasteiger partial charge in [-0.3, -0.25) is 4.79 Å². The van der Waals surface area contributed by atoms with E-state index in [0.29, 0.717) is 11.1 Å². The number of aromatic nitrogens is 1. The van der Waals surface area contributed by atoms with Crippen LogP contribution >= 0.6 is 11.8 Å². The van der Waals surface area contributed by atoms with Gasteiger partial charge in [-0.2, -0.15) is 8.78 Å². The summed E-state index contributed by atoms with van der Waals surface area (Å²) in [7, 11) is -2.14. The maximum Gasteiger partial charge on any atom is 0.290 e. The lowest BCUT2D eigenvalue weighted by molar-refractivity contribution is 0.0947. The van der Waals surface area contributed by atoms with Gasteiger partial charge in [0.1, 0.15) is 5.03 Å². The summed E-state index contributed by atoms with van der Waals surface area (Å²) in [5.74, 6) is -3.48. The van der Waals surface area contributed by atoms with Gasteiger partial charge in [0.15, 0.2) is 0 Å². The number of halogens is 2. The minimum atomic E-state index is -3.47. The van der Waals surface area contributed by atoms with E-state index in [-0.39, 0.29) is 34.6 Å². The highest BCUT2D eigenvalue weighted by Crippen LogP contribution is 2.26. The van der Waals surface area contributed by atoms with Gasteiger partial charge in [-0.15, -0.1) is 0 Å². The molecule has 1 amide bonds. The predicted molar refractivity (Wildman–Crippen MR) is 95.4 cm³/mol. The summed E-state index contributed by atoms with van der Waals surface area (Å²) in [4.78, 5) is 16.1. The summed E-state index contributed by atoms with van der Waals surface area (Å²) in [5, 5.41) is 2.56. The van der Waals surface area contributed by atoms with Crippen LogP contribution in [-0.4, -0.2) is 32.1 Å². The first kappa shape index (κ1) is 20.3. The number of carbonyl (C=O) groups excluding carboxylic acids is 1. The van der Waals surface area contributed by atoms with E-state index in [1.807, 2.05) is 0 Å². The van der Waals surface area contributed by atoms with Crippen LogP contribution in [0.2, 0.25) is 0 Å². The van der Waals surface area contributed by atoms with E-state index in [9.17, 15) is 22.0 Å². The van der Waals surface area contributed by atoms with Crippen molar-refractivity contribution in [2.45, 2.75) is 23.1 Å². The SMILES string of the molecule is CNS(=O)(=O)Cc1ccccc1CNC(=O)c1cccnc1SC(F)F. The highest BCUT2D eigenvalue weighted by Gasteiger charge is 2.17. The monoisotopic (exact) mass is 401 g/mol. The number of thioether (sulfide) groups is 1. The Kier molecular flexibility index (Phi) is 7.06. The Morgan fingerprint density at radius 1 is 1.19 bits per heavy atom. The van der Waals surface area contributed by atoms with Gasteiger partial charge < -0.3 is 5.32 Å². The first-order valence-electron chi connectivity index (χ1n) is 7.48. The van der Waals surface area contributed by atoms with Crippen molar-refractivity contribution in [3.63, 3.8) is 0 Å². The molecule has 0 unspecified atom stereocenters. The van der Waals surface area contributed by atoms with E-state index in [1.54, 1.807) is 24.3 Å². The lowest BCUT2D eigenvalue weighted by Gasteiger charge is -2.12. The largest absolute Gasteiger partial charge is 0.348 e. The third kappa shape index (κ3) is 5.75. The fourth-order valence-electron chi connectivity index (χ4n) is 2.16. The molecule has 2 rings (SSSR count). The molecule has 0 radical (unpaired) electrons. The third-order valence-corrected chi connectivity index (χ3v) is 5.47. The van der Waals surface area contributed by atoms with Crippen molar-refractivity contribution in [3.05, 3.63) is 59.3 Å². The number of amides is 1. The second kappa shape index (κ2) is 9.06. The lowest BCUT2D eigenvalue weighted by atomic mass is 10.1. The van der Waals surface area contributed by atoms with Gasteiger partial charge in [-0.05, 0) is 42.1 Å². The summed E-state index contributed by atoms with van der Waals surface area (Å²) >= 11 is 0.196. The molecule has 0 aliphatic carbocycles. The quantitative estimate of drug-likeness (QED) is 0.663. The van der Waals surface area contributed by atoms with Gasteiger partial charge in [0.25, 0.3) is 11.7 Å². The van der Waals surface area contributed by atoms with E-state index in [0.717, 1.165) is 0 Å². The van der Waals surface area contributed by atoms with Crippen LogP contribution in [0.1, 0.15) is 21.5 Å². The molecule has 1 aromatic heterocycles. The molecule has 0 saturated carbocycles. The van der Waals surface area contributed by atoms with Crippen LogP contribution in [0.15, 0.2) is 47.6 Å². The van der Waals surface area contributed by atoms with Crippen molar-refractivity contribution in [1.82, 2.24) is 15.0 Å². The topological polar surface area (TPSA) is 88.2 Å². The van der Waals surface area contributed by atoms with Crippen LogP contribution in [0.25, 0.3) is 0 Å². The van der Waals surface area contributed by atoms with E-state index in [2.05, 4.69) is 15.0 Å². The zero-order valence-corrected chi connectivity index (χ0v) is 15.4. The highest BCUT2D eigenvalue weighted by molar-refractivity contribution is 7.99. The molecular formula is C16H17F2N3O3S2. The van der Waals surface area contributed by atoms with Crippen LogP contribution in [-0.2, 0) is 22.3 Å². The van der Waals surface area contributed by atoms with Crippen LogP contribution in [0.3, 0.4) is 0 Å². The first-order valence-corrected chi connectivity index (χ1v) is 10.0. The smallest absolute Gasteiger partial charge is 0.290 e. The van der Waals surface area contributed by atoms with E-state index >= 15 is 0 Å². The van der Waals surface area contributed by atoms with E-state index in [1.165, 1.54) is 25.4 Å². The molecule has 0 bridgehead atoms. The Morgan fingerprint density at radius 2 is 1.88 bits per heavy atom. The van der Waals surface area contributed by atoms with Crippen molar-refractivity contribution in [2.24, 2.45) is 0 Å². The van der Waals surface area contributed by atoms with Gasteiger partial charge >= 0.3 is 0 Å². The minimum Gasteiger partial charge on any atom is -0.348 e. The van der Waals surface area contributed by atoms with Crippen molar-refractivity contribution in [2.75, 3.05) is 7.05 Å². The number of nitrogens with one attached hydrogen (secondary N) is 2. The van der Waals surface area contributed by atoms with Crippen molar-refractivity contribution < 1.29 is 22.0 Å². The molecular weight excluding hydrogens is 384 g/mol. The number of rotatable bonds is 8. The van der Waals surface area contributed by atoms with Gasteiger partial charge in [0.05, 0.1) is 11.3 Å². The predicted octanol–water partition coefficient (Wildman–Crippen LogP) is 2.38. The summed E-state index contributed by atoms with van der Waals surface area (Å²) in [5.41, 5.74) is 1.19. The number of hydrogen-bond donors (Lipinski definition) is 2. The second-order valence-electron chi connectivity index (χ2n) is 5.15. The number of sulfonamides is 1. The van der Waals surface area contributed by atoms with Crippen LogP contribution < -0.4 is 10.0 Å². The van der Waals surface area contributed by atoms with Crippen molar-refractivity contribution in [3.8, 4) is 0 Å². The summed E-state index contributed by atoms with van der Waals surface area (Å²) in [6, 6.07) is 9.66. The Hall–Kier alpha value is -2.04. The fourth-order valence-corrected chi connectivity index (χ4v) is 3.57. The van der Waals surface area contributed by atoms with Crippen LogP contribution in [0, 0.1) is 0 Å².